The van der Waals surface area contributed by atoms with Crippen molar-refractivity contribution >= 4 is 12.1 Å². The molecule has 2 rings (SSSR count). The number of hydrogen-bond acceptors (Lipinski definition) is 3. The van der Waals surface area contributed by atoms with E-state index in [1.54, 1.807) is 48.5 Å². The second-order valence-corrected chi connectivity index (χ2v) is 3.84. The zero-order valence-electron chi connectivity index (χ0n) is 9.92. The van der Waals surface area contributed by atoms with Gasteiger partial charge >= 0.3 is 0 Å². The first-order chi connectivity index (χ1) is 8.70. The first-order valence-corrected chi connectivity index (χ1v) is 5.54. The number of ketones is 1. The normalized spacial score (nSPS) is 9.83. The minimum absolute atomic E-state index is 0.0582. The van der Waals surface area contributed by atoms with Gasteiger partial charge in [-0.2, -0.15) is 0 Å². The summed E-state index contributed by atoms with van der Waals surface area (Å²) in [4.78, 5) is 22.1. The van der Waals surface area contributed by atoms with Crippen molar-refractivity contribution in [3.63, 3.8) is 0 Å². The molecule has 0 N–H and O–H groups in total. The SMILES string of the molecule is CC(=O)c1ccccc1Oc1cccc(C=O)c1. The fourth-order valence-electron chi connectivity index (χ4n) is 1.62. The number of ether oxygens (including phenoxy) is 1. The van der Waals surface area contributed by atoms with Gasteiger partial charge in [0.15, 0.2) is 5.78 Å². The maximum Gasteiger partial charge on any atom is 0.163 e. The van der Waals surface area contributed by atoms with Gasteiger partial charge in [0.1, 0.15) is 17.8 Å². The molecule has 0 heterocycles. The molecular weight excluding hydrogens is 228 g/mol. The number of benzene rings is 2. The third kappa shape index (κ3) is 2.63. The number of rotatable bonds is 4. The van der Waals surface area contributed by atoms with E-state index in [-0.39, 0.29) is 5.78 Å². The van der Waals surface area contributed by atoms with Crippen LogP contribution in [0.4, 0.5) is 0 Å². The topological polar surface area (TPSA) is 43.4 Å². The summed E-state index contributed by atoms with van der Waals surface area (Å²) < 4.78 is 5.63. The number of para-hydroxylation sites is 1. The second-order valence-electron chi connectivity index (χ2n) is 3.84. The van der Waals surface area contributed by atoms with Crippen LogP contribution in [-0.2, 0) is 0 Å². The Kier molecular flexibility index (Phi) is 3.53. The Labute approximate surface area is 105 Å². The van der Waals surface area contributed by atoms with Crippen molar-refractivity contribution in [2.45, 2.75) is 6.92 Å². The molecular formula is C15H12O3. The zero-order valence-corrected chi connectivity index (χ0v) is 9.92. The number of hydrogen-bond donors (Lipinski definition) is 0. The van der Waals surface area contributed by atoms with E-state index in [0.29, 0.717) is 22.6 Å². The van der Waals surface area contributed by atoms with E-state index >= 15 is 0 Å². The molecule has 0 saturated heterocycles. The minimum Gasteiger partial charge on any atom is -0.457 e. The van der Waals surface area contributed by atoms with E-state index in [0.717, 1.165) is 6.29 Å². The van der Waals surface area contributed by atoms with Gasteiger partial charge in [-0.1, -0.05) is 24.3 Å². The van der Waals surface area contributed by atoms with Gasteiger partial charge in [-0.25, -0.2) is 0 Å². The number of carbonyl (C=O) groups excluding carboxylic acids is 2. The highest BCUT2D eigenvalue weighted by Crippen LogP contribution is 2.25. The maximum absolute atomic E-state index is 11.4. The van der Waals surface area contributed by atoms with Gasteiger partial charge in [0, 0.05) is 5.56 Å². The van der Waals surface area contributed by atoms with Crippen LogP contribution in [0.3, 0.4) is 0 Å². The Bertz CT molecular complexity index is 588. The number of Topliss-reactive ketones (excluding diaryl/α,β-unsaturated/α-hetero) is 1. The molecule has 2 aromatic carbocycles. The summed E-state index contributed by atoms with van der Waals surface area (Å²) in [6.45, 7) is 1.49. The molecule has 18 heavy (non-hydrogen) atoms. The average Bonchev–Trinajstić information content (AvgIpc) is 2.39. The third-order valence-electron chi connectivity index (χ3n) is 2.49. The van der Waals surface area contributed by atoms with Gasteiger partial charge in [-0.15, -0.1) is 0 Å². The standard InChI is InChI=1S/C15H12O3/c1-11(17)14-7-2-3-8-15(14)18-13-6-4-5-12(9-13)10-16/h2-10H,1H3. The highest BCUT2D eigenvalue weighted by Gasteiger charge is 2.08. The van der Waals surface area contributed by atoms with E-state index in [2.05, 4.69) is 0 Å². The van der Waals surface area contributed by atoms with Crippen LogP contribution in [0.5, 0.6) is 11.5 Å². The lowest BCUT2D eigenvalue weighted by molar-refractivity contribution is 0.101. The van der Waals surface area contributed by atoms with Gasteiger partial charge in [0.05, 0.1) is 5.56 Å². The van der Waals surface area contributed by atoms with Crippen LogP contribution < -0.4 is 4.74 Å². The molecule has 0 amide bonds. The summed E-state index contributed by atoms with van der Waals surface area (Å²) in [6.07, 6.45) is 0.754. The van der Waals surface area contributed by atoms with E-state index in [1.165, 1.54) is 6.92 Å². The quantitative estimate of drug-likeness (QED) is 0.606. The van der Waals surface area contributed by atoms with Crippen LogP contribution in [0.1, 0.15) is 27.6 Å². The summed E-state index contributed by atoms with van der Waals surface area (Å²) in [7, 11) is 0. The van der Waals surface area contributed by atoms with Crippen LogP contribution in [0.15, 0.2) is 48.5 Å². The largest absolute Gasteiger partial charge is 0.457 e. The van der Waals surface area contributed by atoms with E-state index in [1.807, 2.05) is 0 Å². The van der Waals surface area contributed by atoms with Crippen LogP contribution in [0.25, 0.3) is 0 Å². The summed E-state index contributed by atoms with van der Waals surface area (Å²) in [6, 6.07) is 13.8. The molecule has 3 heteroatoms. The van der Waals surface area contributed by atoms with Crippen molar-refractivity contribution in [3.8, 4) is 11.5 Å². The summed E-state index contributed by atoms with van der Waals surface area (Å²) >= 11 is 0. The Balaban J connectivity index is 2.33. The van der Waals surface area contributed by atoms with Crippen molar-refractivity contribution in [1.29, 1.82) is 0 Å². The monoisotopic (exact) mass is 240 g/mol. The van der Waals surface area contributed by atoms with Crippen LogP contribution >= 0.6 is 0 Å². The highest BCUT2D eigenvalue weighted by atomic mass is 16.5. The predicted octanol–water partition coefficient (Wildman–Crippen LogP) is 3.49. The molecule has 0 aliphatic rings. The van der Waals surface area contributed by atoms with Crippen molar-refractivity contribution in [2.24, 2.45) is 0 Å². The predicted molar refractivity (Wildman–Crippen MR) is 68.4 cm³/mol. The molecule has 0 saturated carbocycles. The van der Waals surface area contributed by atoms with Gasteiger partial charge in [-0.3, -0.25) is 9.59 Å². The molecule has 0 fully saturated rings. The first kappa shape index (κ1) is 12.0. The Morgan fingerprint density at radius 1 is 1.11 bits per heavy atom. The van der Waals surface area contributed by atoms with Gasteiger partial charge in [-0.05, 0) is 31.2 Å². The molecule has 2 aromatic rings. The van der Waals surface area contributed by atoms with E-state index in [4.69, 9.17) is 4.74 Å². The Morgan fingerprint density at radius 3 is 2.61 bits per heavy atom. The smallest absolute Gasteiger partial charge is 0.163 e. The molecule has 0 radical (unpaired) electrons. The maximum atomic E-state index is 11.4. The summed E-state index contributed by atoms with van der Waals surface area (Å²) in [5.74, 6) is 0.971. The van der Waals surface area contributed by atoms with Crippen molar-refractivity contribution < 1.29 is 14.3 Å². The molecule has 3 nitrogen and oxygen atoms in total. The Morgan fingerprint density at radius 2 is 1.89 bits per heavy atom. The molecule has 0 atom stereocenters. The molecule has 0 bridgehead atoms. The van der Waals surface area contributed by atoms with Crippen LogP contribution in [-0.4, -0.2) is 12.1 Å². The van der Waals surface area contributed by atoms with Gasteiger partial charge in [0.2, 0.25) is 0 Å². The van der Waals surface area contributed by atoms with Crippen molar-refractivity contribution in [1.82, 2.24) is 0 Å². The van der Waals surface area contributed by atoms with Crippen molar-refractivity contribution in [2.75, 3.05) is 0 Å². The summed E-state index contributed by atoms with van der Waals surface area (Å²) in [5, 5.41) is 0. The van der Waals surface area contributed by atoms with Gasteiger partial charge < -0.3 is 4.74 Å². The zero-order chi connectivity index (χ0) is 13.0. The second kappa shape index (κ2) is 5.27. The number of carbonyl (C=O) groups is 2. The molecule has 0 unspecified atom stereocenters. The van der Waals surface area contributed by atoms with Crippen LogP contribution in [0, 0.1) is 0 Å². The molecule has 90 valence electrons. The molecule has 0 aromatic heterocycles. The van der Waals surface area contributed by atoms with Crippen molar-refractivity contribution in [3.05, 3.63) is 59.7 Å². The van der Waals surface area contributed by atoms with Crippen LogP contribution in [0.2, 0.25) is 0 Å². The lowest BCUT2D eigenvalue weighted by atomic mass is 10.1. The van der Waals surface area contributed by atoms with Gasteiger partial charge in [0.25, 0.3) is 0 Å². The fraction of sp³-hybridized carbons (Fsp3) is 0.0667. The Hall–Kier alpha value is -2.42. The average molecular weight is 240 g/mol. The first-order valence-electron chi connectivity index (χ1n) is 5.54. The van der Waals surface area contributed by atoms with E-state index < -0.39 is 0 Å². The highest BCUT2D eigenvalue weighted by molar-refractivity contribution is 5.96. The number of aldehydes is 1. The molecule has 0 spiro atoms. The third-order valence-corrected chi connectivity index (χ3v) is 2.49. The minimum atomic E-state index is -0.0582. The molecule has 0 aliphatic carbocycles. The van der Waals surface area contributed by atoms with E-state index in [9.17, 15) is 9.59 Å². The lowest BCUT2D eigenvalue weighted by Crippen LogP contribution is -1.96. The lowest BCUT2D eigenvalue weighted by Gasteiger charge is -2.09. The fourth-order valence-corrected chi connectivity index (χ4v) is 1.62. The molecule has 0 aliphatic heterocycles. The summed E-state index contributed by atoms with van der Waals surface area (Å²) in [5.41, 5.74) is 1.06.